The SMILES string of the molecule is CC(C)c1cc(N)c(C(=O)C(c2ccccc2)c2ccccc2)c(C(C)C)c1S(=O)(=O)O. The highest BCUT2D eigenvalue weighted by atomic mass is 32.2. The Labute approximate surface area is 190 Å². The molecule has 0 radical (unpaired) electrons. The monoisotopic (exact) mass is 451 g/mol. The Hall–Kier alpha value is -2.96. The van der Waals surface area contributed by atoms with Crippen LogP contribution in [0, 0.1) is 0 Å². The van der Waals surface area contributed by atoms with E-state index in [0.717, 1.165) is 11.1 Å². The summed E-state index contributed by atoms with van der Waals surface area (Å²) in [5, 5.41) is 0. The minimum absolute atomic E-state index is 0.148. The summed E-state index contributed by atoms with van der Waals surface area (Å²) < 4.78 is 35.1. The smallest absolute Gasteiger partial charge is 0.295 e. The summed E-state index contributed by atoms with van der Waals surface area (Å²) >= 11 is 0. The molecule has 3 aromatic rings. The number of ketones is 1. The highest BCUT2D eigenvalue weighted by molar-refractivity contribution is 7.86. The van der Waals surface area contributed by atoms with Gasteiger partial charge in [0.15, 0.2) is 5.78 Å². The largest absolute Gasteiger partial charge is 0.398 e. The van der Waals surface area contributed by atoms with Gasteiger partial charge >= 0.3 is 0 Å². The fourth-order valence-electron chi connectivity index (χ4n) is 4.20. The molecule has 32 heavy (non-hydrogen) atoms. The summed E-state index contributed by atoms with van der Waals surface area (Å²) in [6.45, 7) is 7.24. The van der Waals surface area contributed by atoms with Crippen LogP contribution in [0.15, 0.2) is 71.6 Å². The molecule has 0 fully saturated rings. The minimum Gasteiger partial charge on any atom is -0.398 e. The van der Waals surface area contributed by atoms with Gasteiger partial charge < -0.3 is 5.73 Å². The van der Waals surface area contributed by atoms with Gasteiger partial charge in [0.2, 0.25) is 0 Å². The van der Waals surface area contributed by atoms with Gasteiger partial charge in [-0.2, -0.15) is 8.42 Å². The molecule has 0 aliphatic carbocycles. The van der Waals surface area contributed by atoms with Crippen molar-refractivity contribution in [1.82, 2.24) is 0 Å². The predicted molar refractivity (Wildman–Crippen MR) is 128 cm³/mol. The van der Waals surface area contributed by atoms with Crippen molar-refractivity contribution in [3.63, 3.8) is 0 Å². The van der Waals surface area contributed by atoms with Crippen LogP contribution in [0.3, 0.4) is 0 Å². The molecule has 0 heterocycles. The van der Waals surface area contributed by atoms with Crippen LogP contribution in [0.25, 0.3) is 0 Å². The second-order valence-electron chi connectivity index (χ2n) is 8.58. The number of benzene rings is 3. The van der Waals surface area contributed by atoms with Crippen LogP contribution >= 0.6 is 0 Å². The lowest BCUT2D eigenvalue weighted by Gasteiger charge is -2.25. The summed E-state index contributed by atoms with van der Waals surface area (Å²) in [4.78, 5) is 13.9. The van der Waals surface area contributed by atoms with E-state index in [4.69, 9.17) is 5.73 Å². The number of hydrogen-bond donors (Lipinski definition) is 2. The normalized spacial score (nSPS) is 12.0. The summed E-state index contributed by atoms with van der Waals surface area (Å²) in [5.41, 5.74) is 8.99. The van der Waals surface area contributed by atoms with Crippen LogP contribution in [-0.4, -0.2) is 18.8 Å². The zero-order chi connectivity index (χ0) is 23.6. The molecule has 0 aliphatic heterocycles. The fraction of sp³-hybridized carbons (Fsp3) is 0.269. The van der Waals surface area contributed by atoms with Crippen LogP contribution in [-0.2, 0) is 10.1 Å². The van der Waals surface area contributed by atoms with E-state index in [2.05, 4.69) is 0 Å². The van der Waals surface area contributed by atoms with Gasteiger partial charge in [0, 0.05) is 11.3 Å². The lowest BCUT2D eigenvalue weighted by atomic mass is 9.80. The molecule has 0 unspecified atom stereocenters. The number of anilines is 1. The first-order chi connectivity index (χ1) is 15.0. The fourth-order valence-corrected chi connectivity index (χ4v) is 5.41. The quantitative estimate of drug-likeness (QED) is 0.270. The summed E-state index contributed by atoms with van der Waals surface area (Å²) in [7, 11) is -4.59. The second kappa shape index (κ2) is 9.27. The van der Waals surface area contributed by atoms with Crippen molar-refractivity contribution < 1.29 is 17.8 Å². The lowest BCUT2D eigenvalue weighted by Crippen LogP contribution is -2.22. The Morgan fingerprint density at radius 3 is 1.69 bits per heavy atom. The molecule has 0 amide bonds. The molecule has 3 rings (SSSR count). The third-order valence-corrected chi connectivity index (χ3v) is 6.58. The van der Waals surface area contributed by atoms with Crippen LogP contribution in [0.5, 0.6) is 0 Å². The summed E-state index contributed by atoms with van der Waals surface area (Å²) in [6.07, 6.45) is 0. The molecule has 5 nitrogen and oxygen atoms in total. The van der Waals surface area contributed by atoms with Crippen LogP contribution in [0.1, 0.15) is 78.1 Å². The molecule has 6 heteroatoms. The van der Waals surface area contributed by atoms with Gasteiger partial charge in [-0.1, -0.05) is 88.4 Å². The highest BCUT2D eigenvalue weighted by Gasteiger charge is 2.34. The average Bonchev–Trinajstić information content (AvgIpc) is 2.73. The van der Waals surface area contributed by atoms with Crippen molar-refractivity contribution in [3.8, 4) is 0 Å². The summed E-state index contributed by atoms with van der Waals surface area (Å²) in [5.74, 6) is -1.55. The molecule has 3 aromatic carbocycles. The van der Waals surface area contributed by atoms with E-state index >= 15 is 0 Å². The number of hydrogen-bond acceptors (Lipinski definition) is 4. The number of carbonyl (C=O) groups excluding carboxylic acids is 1. The van der Waals surface area contributed by atoms with E-state index in [1.54, 1.807) is 13.8 Å². The van der Waals surface area contributed by atoms with Gasteiger partial charge in [0.05, 0.1) is 5.92 Å². The maximum atomic E-state index is 14.1. The third kappa shape index (κ3) is 4.61. The molecule has 0 spiro atoms. The zero-order valence-electron chi connectivity index (χ0n) is 18.7. The third-order valence-electron chi connectivity index (χ3n) is 5.61. The maximum Gasteiger partial charge on any atom is 0.295 e. The molecule has 0 bridgehead atoms. The average molecular weight is 452 g/mol. The second-order valence-corrected chi connectivity index (χ2v) is 9.93. The molecule has 0 saturated heterocycles. The first kappa shape index (κ1) is 23.7. The van der Waals surface area contributed by atoms with Crippen molar-refractivity contribution in [1.29, 1.82) is 0 Å². The number of nitrogen functional groups attached to an aromatic ring is 1. The summed E-state index contributed by atoms with van der Waals surface area (Å²) in [6, 6.07) is 20.2. The predicted octanol–water partition coefficient (Wildman–Crippen LogP) is 5.78. The van der Waals surface area contributed by atoms with Crippen LogP contribution < -0.4 is 5.73 Å². The Kier molecular flexibility index (Phi) is 6.86. The molecule has 3 N–H and O–H groups in total. The molecule has 168 valence electrons. The van der Waals surface area contributed by atoms with Crippen molar-refractivity contribution in [2.24, 2.45) is 0 Å². The van der Waals surface area contributed by atoms with E-state index in [9.17, 15) is 17.8 Å². The highest BCUT2D eigenvalue weighted by Crippen LogP contribution is 2.40. The van der Waals surface area contributed by atoms with Gasteiger partial charge in [-0.05, 0) is 40.2 Å². The number of carbonyl (C=O) groups is 1. The molecule has 0 aromatic heterocycles. The Bertz CT molecular complexity index is 1180. The first-order valence-electron chi connectivity index (χ1n) is 10.6. The number of nitrogens with two attached hydrogens (primary N) is 1. The van der Waals surface area contributed by atoms with Crippen LogP contribution in [0.4, 0.5) is 5.69 Å². The Morgan fingerprint density at radius 2 is 1.31 bits per heavy atom. The van der Waals surface area contributed by atoms with E-state index in [1.165, 1.54) is 6.07 Å². The zero-order valence-corrected chi connectivity index (χ0v) is 19.6. The van der Waals surface area contributed by atoms with Gasteiger partial charge in [0.25, 0.3) is 10.1 Å². The molecule has 0 atom stereocenters. The Morgan fingerprint density at radius 1 is 0.844 bits per heavy atom. The van der Waals surface area contributed by atoms with Gasteiger partial charge in [0.1, 0.15) is 4.90 Å². The molecule has 0 aliphatic rings. The standard InChI is InChI=1S/C26H29NO4S/c1-16(2)20-15-21(27)24(22(17(3)4)26(20)32(29,30)31)25(28)23(18-11-7-5-8-12-18)19-13-9-6-10-14-19/h5-17,23H,27H2,1-4H3,(H,29,30,31). The first-order valence-corrected chi connectivity index (χ1v) is 12.1. The van der Waals surface area contributed by atoms with E-state index in [1.807, 2.05) is 74.5 Å². The van der Waals surface area contributed by atoms with Crippen molar-refractivity contribution >= 4 is 21.6 Å². The topological polar surface area (TPSA) is 97.5 Å². The van der Waals surface area contributed by atoms with Gasteiger partial charge in [-0.25, -0.2) is 0 Å². The molecular weight excluding hydrogens is 422 g/mol. The molecule has 0 saturated carbocycles. The van der Waals surface area contributed by atoms with E-state index in [0.29, 0.717) is 5.56 Å². The van der Waals surface area contributed by atoms with Gasteiger partial charge in [-0.15, -0.1) is 0 Å². The Balaban J connectivity index is 2.38. The van der Waals surface area contributed by atoms with E-state index < -0.39 is 16.0 Å². The van der Waals surface area contributed by atoms with Crippen molar-refractivity contribution in [2.75, 3.05) is 5.73 Å². The van der Waals surface area contributed by atoms with Crippen LogP contribution in [0.2, 0.25) is 0 Å². The molecular formula is C26H29NO4S. The van der Waals surface area contributed by atoms with E-state index in [-0.39, 0.29) is 39.3 Å². The maximum absolute atomic E-state index is 14.1. The van der Waals surface area contributed by atoms with Gasteiger partial charge in [-0.3, -0.25) is 9.35 Å². The lowest BCUT2D eigenvalue weighted by molar-refractivity contribution is 0.0973. The number of rotatable bonds is 7. The number of Topliss-reactive ketones (excluding diaryl/α,β-unsaturated/α-hetero) is 1. The van der Waals surface area contributed by atoms with Crippen molar-refractivity contribution in [3.05, 3.63) is 94.5 Å². The minimum atomic E-state index is -4.59. The van der Waals surface area contributed by atoms with Crippen molar-refractivity contribution in [2.45, 2.75) is 50.3 Å².